The first-order valence-electron chi connectivity index (χ1n) is 13.4. The number of fused-ring (bicyclic) bond motifs is 1. The molecule has 0 spiro atoms. The van der Waals surface area contributed by atoms with Crippen molar-refractivity contribution < 1.29 is 33.4 Å². The van der Waals surface area contributed by atoms with Gasteiger partial charge in [0, 0.05) is 44.6 Å². The number of guanidine groups is 1. The number of nitrogens with two attached hydrogens (primary N) is 1. The highest BCUT2D eigenvalue weighted by molar-refractivity contribution is 5.85. The molecule has 0 aromatic heterocycles. The number of hydroxylamine groups is 2. The van der Waals surface area contributed by atoms with Gasteiger partial charge in [-0.3, -0.25) is 5.41 Å². The summed E-state index contributed by atoms with van der Waals surface area (Å²) in [4.78, 5) is 31.4. The van der Waals surface area contributed by atoms with Crippen molar-refractivity contribution in [2.45, 2.75) is 44.9 Å². The quantitative estimate of drug-likeness (QED) is 0.180. The molecule has 0 radical (unpaired) electrons. The first-order chi connectivity index (χ1) is 19.4. The first kappa shape index (κ1) is 31.6. The van der Waals surface area contributed by atoms with E-state index in [4.69, 9.17) is 34.9 Å². The first-order valence-corrected chi connectivity index (χ1v) is 13.4. The second kappa shape index (κ2) is 15.2. The van der Waals surface area contributed by atoms with E-state index in [0.29, 0.717) is 56.1 Å². The molecule has 12 heteroatoms. The van der Waals surface area contributed by atoms with E-state index in [1.54, 1.807) is 41.2 Å². The average Bonchev–Trinajstić information content (AvgIpc) is 2.96. The molecule has 3 N–H and O–H groups in total. The molecule has 0 bridgehead atoms. The third-order valence-corrected chi connectivity index (χ3v) is 6.69. The van der Waals surface area contributed by atoms with Crippen molar-refractivity contribution in [1.82, 2.24) is 9.96 Å². The normalized spacial score (nSPS) is 15.9. The van der Waals surface area contributed by atoms with Gasteiger partial charge in [-0.05, 0) is 48.7 Å². The molecule has 4 rings (SSSR count). The summed E-state index contributed by atoms with van der Waals surface area (Å²) in [6.45, 7) is 7.84. The largest absolute Gasteiger partial charge is 0.528 e. The molecule has 0 amide bonds. The monoisotopic (exact) mass is 588 g/mol. The number of piperidine rings is 1. The summed E-state index contributed by atoms with van der Waals surface area (Å²) in [5.74, 6) is 0.740. The number of rotatable bonds is 10. The molecular weight excluding hydrogens is 552 g/mol. The number of carbonyl (C=O) groups is 2. The maximum absolute atomic E-state index is 12.9. The molecule has 1 fully saturated rings. The van der Waals surface area contributed by atoms with Crippen LogP contribution in [0.1, 0.15) is 42.6 Å². The molecule has 41 heavy (non-hydrogen) atoms. The maximum atomic E-state index is 12.9. The van der Waals surface area contributed by atoms with Gasteiger partial charge in [-0.15, -0.1) is 17.5 Å². The van der Waals surface area contributed by atoms with Gasteiger partial charge in [0.1, 0.15) is 24.2 Å². The van der Waals surface area contributed by atoms with Crippen LogP contribution in [-0.2, 0) is 32.1 Å². The Bertz CT molecular complexity index is 1200. The van der Waals surface area contributed by atoms with Crippen LogP contribution in [0.3, 0.4) is 0 Å². The van der Waals surface area contributed by atoms with E-state index in [9.17, 15) is 9.59 Å². The van der Waals surface area contributed by atoms with E-state index in [2.05, 4.69) is 6.58 Å². The number of nitrogens with zero attached hydrogens (tertiary/aromatic N) is 2. The average molecular weight is 589 g/mol. The molecule has 2 aromatic carbocycles. The Morgan fingerprint density at radius 3 is 2.44 bits per heavy atom. The van der Waals surface area contributed by atoms with E-state index in [1.807, 2.05) is 18.2 Å². The second-order valence-electron chi connectivity index (χ2n) is 9.49. The zero-order chi connectivity index (χ0) is 28.5. The van der Waals surface area contributed by atoms with Crippen LogP contribution in [0.4, 0.5) is 4.79 Å². The SMILES string of the molecule is C=CCOC(=O)ON1CCC(Oc2ccc(C(Oc3ccc4c(c3)CN(C(=N)N)CC4)C(=O)OCC)cc2)CC1.Cl. The number of benzene rings is 2. The van der Waals surface area contributed by atoms with Gasteiger partial charge < -0.3 is 34.4 Å². The van der Waals surface area contributed by atoms with Crippen LogP contribution in [0.2, 0.25) is 0 Å². The highest BCUT2D eigenvalue weighted by atomic mass is 35.5. The smallest absolute Gasteiger partial charge is 0.490 e. The standard InChI is InChI=1S/C29H36N4O7.ClH/c1-3-17-37-29(35)40-33-15-12-24(13-16-33)38-23-8-6-21(7-9-23)26(27(34)36-4-2)39-25-10-5-20-11-14-32(28(30)31)19-22(20)18-25;/h3,5-10,18,24,26H,1,4,11-17,19H2,2H3,(H3,30,31);1H. The lowest BCUT2D eigenvalue weighted by molar-refractivity contribution is -0.151. The number of esters is 1. The lowest BCUT2D eigenvalue weighted by Gasteiger charge is -2.30. The summed E-state index contributed by atoms with van der Waals surface area (Å²) < 4.78 is 22.4. The zero-order valence-corrected chi connectivity index (χ0v) is 23.9. The van der Waals surface area contributed by atoms with Gasteiger partial charge in [-0.25, -0.2) is 9.59 Å². The minimum atomic E-state index is -0.958. The van der Waals surface area contributed by atoms with Crippen LogP contribution in [0, 0.1) is 5.41 Å². The van der Waals surface area contributed by atoms with Gasteiger partial charge in [0.25, 0.3) is 0 Å². The Labute approximate surface area is 246 Å². The number of nitrogens with one attached hydrogen (secondary N) is 1. The summed E-state index contributed by atoms with van der Waals surface area (Å²) in [6, 6.07) is 12.9. The van der Waals surface area contributed by atoms with E-state index in [0.717, 1.165) is 12.0 Å². The van der Waals surface area contributed by atoms with Crippen LogP contribution in [0.15, 0.2) is 55.1 Å². The van der Waals surface area contributed by atoms with Crippen molar-refractivity contribution in [3.8, 4) is 11.5 Å². The topological polar surface area (TPSA) is 137 Å². The van der Waals surface area contributed by atoms with Crippen LogP contribution >= 0.6 is 12.4 Å². The van der Waals surface area contributed by atoms with Crippen molar-refractivity contribution in [2.75, 3.05) is 32.8 Å². The Morgan fingerprint density at radius 1 is 1.07 bits per heavy atom. The second-order valence-corrected chi connectivity index (χ2v) is 9.49. The minimum Gasteiger partial charge on any atom is -0.490 e. The zero-order valence-electron chi connectivity index (χ0n) is 23.1. The number of hydrogen-bond acceptors (Lipinski definition) is 9. The summed E-state index contributed by atoms with van der Waals surface area (Å²) in [6.07, 6.45) is 1.85. The molecule has 222 valence electrons. The summed E-state index contributed by atoms with van der Waals surface area (Å²) >= 11 is 0. The fourth-order valence-corrected chi connectivity index (χ4v) is 4.63. The fourth-order valence-electron chi connectivity index (χ4n) is 4.63. The summed E-state index contributed by atoms with van der Waals surface area (Å²) in [5.41, 5.74) is 8.50. The molecule has 0 saturated carbocycles. The third kappa shape index (κ3) is 8.76. The number of carbonyl (C=O) groups excluding carboxylic acids is 2. The van der Waals surface area contributed by atoms with Crippen molar-refractivity contribution in [1.29, 1.82) is 5.41 Å². The summed E-state index contributed by atoms with van der Waals surface area (Å²) in [7, 11) is 0. The van der Waals surface area contributed by atoms with Gasteiger partial charge in [0.15, 0.2) is 5.96 Å². The van der Waals surface area contributed by atoms with Crippen LogP contribution in [0.5, 0.6) is 11.5 Å². The van der Waals surface area contributed by atoms with Gasteiger partial charge in [0.05, 0.1) is 6.61 Å². The number of hydrogen-bond donors (Lipinski definition) is 2. The molecule has 1 unspecified atom stereocenters. The van der Waals surface area contributed by atoms with Crippen LogP contribution in [0.25, 0.3) is 0 Å². The number of halogens is 1. The molecule has 2 aliphatic heterocycles. The highest BCUT2D eigenvalue weighted by Crippen LogP contribution is 2.29. The van der Waals surface area contributed by atoms with Gasteiger partial charge in [0.2, 0.25) is 6.10 Å². The Hall–Kier alpha value is -3.96. The molecular formula is C29H37ClN4O7. The minimum absolute atomic E-state index is 0. The molecule has 1 saturated heterocycles. The Balaban J connectivity index is 0.00000462. The Kier molecular flexibility index (Phi) is 11.7. The fraction of sp³-hybridized carbons (Fsp3) is 0.414. The molecule has 0 aliphatic carbocycles. The lowest BCUT2D eigenvalue weighted by Crippen LogP contribution is -2.40. The highest BCUT2D eigenvalue weighted by Gasteiger charge is 2.27. The number of ether oxygens (including phenoxy) is 4. The van der Waals surface area contributed by atoms with Crippen LogP contribution < -0.4 is 15.2 Å². The lowest BCUT2D eigenvalue weighted by atomic mass is 9.99. The van der Waals surface area contributed by atoms with Crippen molar-refractivity contribution in [3.63, 3.8) is 0 Å². The van der Waals surface area contributed by atoms with Crippen molar-refractivity contribution >= 4 is 30.5 Å². The molecule has 2 heterocycles. The molecule has 2 aliphatic rings. The van der Waals surface area contributed by atoms with E-state index >= 15 is 0 Å². The van der Waals surface area contributed by atoms with Gasteiger partial charge >= 0.3 is 12.1 Å². The molecule has 1 atom stereocenters. The van der Waals surface area contributed by atoms with Crippen molar-refractivity contribution in [3.05, 3.63) is 71.8 Å². The summed E-state index contributed by atoms with van der Waals surface area (Å²) in [5, 5.41) is 9.30. The third-order valence-electron chi connectivity index (χ3n) is 6.69. The van der Waals surface area contributed by atoms with Crippen molar-refractivity contribution in [2.24, 2.45) is 5.73 Å². The predicted molar refractivity (Wildman–Crippen MR) is 154 cm³/mol. The van der Waals surface area contributed by atoms with E-state index in [-0.39, 0.29) is 37.7 Å². The molecule has 2 aromatic rings. The van der Waals surface area contributed by atoms with Gasteiger partial charge in [-0.2, -0.15) is 0 Å². The Morgan fingerprint density at radius 2 is 1.78 bits per heavy atom. The van der Waals surface area contributed by atoms with E-state index < -0.39 is 18.2 Å². The van der Waals surface area contributed by atoms with E-state index in [1.165, 1.54) is 11.6 Å². The molecule has 11 nitrogen and oxygen atoms in total. The maximum Gasteiger partial charge on any atom is 0.528 e. The van der Waals surface area contributed by atoms with Gasteiger partial charge in [-0.1, -0.05) is 30.9 Å². The van der Waals surface area contributed by atoms with Crippen LogP contribution in [-0.4, -0.2) is 67.0 Å². The predicted octanol–water partition coefficient (Wildman–Crippen LogP) is 4.14.